The molecule has 0 saturated heterocycles. The van der Waals surface area contributed by atoms with E-state index < -0.39 is 0 Å². The Morgan fingerprint density at radius 3 is 2.45 bits per heavy atom. The largest absolute Gasteiger partial charge is 0.449 e. The zero-order valence-electron chi connectivity index (χ0n) is 11.7. The number of ether oxygens (including phenoxy) is 1. The second-order valence-corrected chi connectivity index (χ2v) is 5.18. The fourth-order valence-electron chi connectivity index (χ4n) is 2.26. The average molecular weight is 271 g/mol. The van der Waals surface area contributed by atoms with E-state index in [1.807, 2.05) is 31.3 Å². The first-order valence-electron chi connectivity index (χ1n) is 6.57. The monoisotopic (exact) mass is 271 g/mol. The molecule has 6 nitrogen and oxygen atoms in total. The number of hydrogen-bond donors (Lipinski definition) is 1. The Labute approximate surface area is 117 Å². The highest BCUT2D eigenvalue weighted by Crippen LogP contribution is 2.23. The maximum atomic E-state index is 5.98. The molecule has 0 spiro atoms. The molecule has 2 aromatic rings. The lowest BCUT2D eigenvalue weighted by Gasteiger charge is -2.20. The third kappa shape index (κ3) is 2.03. The number of nitrogens with two attached hydrogens (primary N) is 1. The molecule has 0 saturated carbocycles. The molecule has 2 N–H and O–H groups in total. The summed E-state index contributed by atoms with van der Waals surface area (Å²) in [7, 11) is 1.88. The Hall–Kier alpha value is -2.37. The van der Waals surface area contributed by atoms with E-state index in [1.54, 1.807) is 5.01 Å². The van der Waals surface area contributed by atoms with Gasteiger partial charge in [0.1, 0.15) is 0 Å². The van der Waals surface area contributed by atoms with Crippen LogP contribution in [0.3, 0.4) is 0 Å². The SMILES string of the molecule is CC(C)C1OC(c2nc3ccccc3nc2N)=NN1C. The molecule has 1 unspecified atom stereocenters. The van der Waals surface area contributed by atoms with E-state index in [-0.39, 0.29) is 6.23 Å². The van der Waals surface area contributed by atoms with Gasteiger partial charge in [-0.2, -0.15) is 0 Å². The van der Waals surface area contributed by atoms with Crippen LogP contribution < -0.4 is 5.73 Å². The van der Waals surface area contributed by atoms with Gasteiger partial charge in [-0.1, -0.05) is 26.0 Å². The third-order valence-corrected chi connectivity index (χ3v) is 3.22. The van der Waals surface area contributed by atoms with Crippen LogP contribution in [0.2, 0.25) is 0 Å². The number of aromatic nitrogens is 2. The summed E-state index contributed by atoms with van der Waals surface area (Å²) in [6.45, 7) is 4.16. The highest BCUT2D eigenvalue weighted by atomic mass is 16.5. The van der Waals surface area contributed by atoms with Crippen molar-refractivity contribution in [3.8, 4) is 0 Å². The predicted octanol–water partition coefficient (Wildman–Crippen LogP) is 1.82. The van der Waals surface area contributed by atoms with Gasteiger partial charge >= 0.3 is 0 Å². The smallest absolute Gasteiger partial charge is 0.263 e. The Balaban J connectivity index is 2.03. The van der Waals surface area contributed by atoms with Crippen molar-refractivity contribution in [2.75, 3.05) is 12.8 Å². The van der Waals surface area contributed by atoms with Crippen LogP contribution in [0, 0.1) is 5.92 Å². The van der Waals surface area contributed by atoms with Crippen molar-refractivity contribution in [2.24, 2.45) is 11.0 Å². The molecule has 0 aliphatic carbocycles. The number of hydrogen-bond acceptors (Lipinski definition) is 6. The van der Waals surface area contributed by atoms with E-state index in [0.717, 1.165) is 11.0 Å². The number of rotatable bonds is 2. The van der Waals surface area contributed by atoms with Crippen LogP contribution in [0.1, 0.15) is 19.5 Å². The molecule has 0 fully saturated rings. The minimum Gasteiger partial charge on any atom is -0.449 e. The van der Waals surface area contributed by atoms with Crippen LogP contribution in [-0.4, -0.2) is 34.2 Å². The van der Waals surface area contributed by atoms with E-state index in [4.69, 9.17) is 10.5 Å². The number of nitrogen functional groups attached to an aromatic ring is 1. The molecule has 1 aliphatic rings. The van der Waals surface area contributed by atoms with Crippen LogP contribution in [-0.2, 0) is 4.74 Å². The van der Waals surface area contributed by atoms with Gasteiger partial charge in [0.05, 0.1) is 11.0 Å². The van der Waals surface area contributed by atoms with Crippen molar-refractivity contribution in [1.82, 2.24) is 15.0 Å². The Bertz CT molecular complexity index is 682. The van der Waals surface area contributed by atoms with Crippen molar-refractivity contribution in [3.63, 3.8) is 0 Å². The summed E-state index contributed by atoms with van der Waals surface area (Å²) in [6, 6.07) is 7.59. The molecule has 0 amide bonds. The second kappa shape index (κ2) is 4.63. The molecule has 1 aliphatic heterocycles. The lowest BCUT2D eigenvalue weighted by molar-refractivity contribution is 0.0365. The van der Waals surface area contributed by atoms with E-state index in [1.165, 1.54) is 0 Å². The van der Waals surface area contributed by atoms with Gasteiger partial charge in [0.25, 0.3) is 5.90 Å². The van der Waals surface area contributed by atoms with Gasteiger partial charge in [0, 0.05) is 13.0 Å². The lowest BCUT2D eigenvalue weighted by atomic mass is 10.2. The highest BCUT2D eigenvalue weighted by Gasteiger charge is 2.30. The normalized spacial score (nSPS) is 18.5. The average Bonchev–Trinajstić information content (AvgIpc) is 2.80. The van der Waals surface area contributed by atoms with Gasteiger partial charge in [-0.15, -0.1) is 5.10 Å². The minimum absolute atomic E-state index is 0.0994. The molecule has 3 rings (SSSR count). The zero-order chi connectivity index (χ0) is 14.3. The molecule has 1 aromatic heterocycles. The highest BCUT2D eigenvalue weighted by molar-refractivity contribution is 5.98. The van der Waals surface area contributed by atoms with E-state index in [0.29, 0.717) is 23.3 Å². The first kappa shape index (κ1) is 12.7. The molecule has 0 bridgehead atoms. The molecule has 104 valence electrons. The number of hydrazone groups is 1. The first-order chi connectivity index (χ1) is 9.56. The lowest BCUT2D eigenvalue weighted by Crippen LogP contribution is -2.30. The van der Waals surface area contributed by atoms with Crippen molar-refractivity contribution in [3.05, 3.63) is 30.0 Å². The minimum atomic E-state index is -0.0994. The molecule has 0 radical (unpaired) electrons. The summed E-state index contributed by atoms with van der Waals surface area (Å²) >= 11 is 0. The summed E-state index contributed by atoms with van der Waals surface area (Å²) < 4.78 is 5.84. The quantitative estimate of drug-likeness (QED) is 0.901. The topological polar surface area (TPSA) is 76.6 Å². The fourth-order valence-corrected chi connectivity index (χ4v) is 2.26. The molecule has 2 heterocycles. The third-order valence-electron chi connectivity index (χ3n) is 3.22. The Morgan fingerprint density at radius 1 is 1.20 bits per heavy atom. The molecule has 20 heavy (non-hydrogen) atoms. The molecular formula is C14H17N5O. The summed E-state index contributed by atoms with van der Waals surface area (Å²) in [4.78, 5) is 8.87. The first-order valence-corrected chi connectivity index (χ1v) is 6.57. The van der Waals surface area contributed by atoms with Crippen molar-refractivity contribution >= 4 is 22.7 Å². The number of anilines is 1. The predicted molar refractivity (Wildman–Crippen MR) is 78.0 cm³/mol. The second-order valence-electron chi connectivity index (χ2n) is 5.18. The summed E-state index contributed by atoms with van der Waals surface area (Å²) in [5, 5.41) is 6.16. The number of nitrogens with zero attached hydrogens (tertiary/aromatic N) is 4. The van der Waals surface area contributed by atoms with Gasteiger partial charge in [-0.05, 0) is 12.1 Å². The molecular weight excluding hydrogens is 254 g/mol. The molecule has 1 atom stereocenters. The number of para-hydroxylation sites is 2. The van der Waals surface area contributed by atoms with Crippen LogP contribution in [0.15, 0.2) is 29.4 Å². The zero-order valence-corrected chi connectivity index (χ0v) is 11.7. The van der Waals surface area contributed by atoms with Gasteiger partial charge in [0.15, 0.2) is 17.7 Å². The van der Waals surface area contributed by atoms with Crippen LogP contribution in [0.5, 0.6) is 0 Å². The van der Waals surface area contributed by atoms with Crippen molar-refractivity contribution < 1.29 is 4.74 Å². The van der Waals surface area contributed by atoms with E-state index >= 15 is 0 Å². The van der Waals surface area contributed by atoms with Crippen LogP contribution in [0.4, 0.5) is 5.82 Å². The van der Waals surface area contributed by atoms with Crippen molar-refractivity contribution in [1.29, 1.82) is 0 Å². The Kier molecular flexibility index (Phi) is 2.93. The fraction of sp³-hybridized carbons (Fsp3) is 0.357. The van der Waals surface area contributed by atoms with E-state index in [9.17, 15) is 0 Å². The van der Waals surface area contributed by atoms with Gasteiger partial charge in [0.2, 0.25) is 0 Å². The number of fused-ring (bicyclic) bond motifs is 1. The summed E-state index contributed by atoms with van der Waals surface area (Å²) in [6.07, 6.45) is -0.0994. The van der Waals surface area contributed by atoms with Gasteiger partial charge in [-0.25, -0.2) is 9.97 Å². The maximum absolute atomic E-state index is 5.98. The molecule has 1 aromatic carbocycles. The summed E-state index contributed by atoms with van der Waals surface area (Å²) in [5.41, 5.74) is 8.02. The standard InChI is InChI=1S/C14H17N5O/c1-8(2)14-19(3)18-13(20-14)11-12(15)17-10-7-5-4-6-9(10)16-11/h4-8,14H,1-3H3,(H2,15,17). The molecule has 6 heteroatoms. The van der Waals surface area contributed by atoms with Crippen LogP contribution >= 0.6 is 0 Å². The van der Waals surface area contributed by atoms with Crippen LogP contribution in [0.25, 0.3) is 11.0 Å². The number of benzene rings is 1. The van der Waals surface area contributed by atoms with E-state index in [2.05, 4.69) is 28.9 Å². The van der Waals surface area contributed by atoms with Gasteiger partial charge < -0.3 is 10.5 Å². The Morgan fingerprint density at radius 2 is 1.85 bits per heavy atom. The maximum Gasteiger partial charge on any atom is 0.263 e. The summed E-state index contributed by atoms with van der Waals surface area (Å²) in [5.74, 6) is 1.08. The van der Waals surface area contributed by atoms with Gasteiger partial charge in [-0.3, -0.25) is 5.01 Å². The van der Waals surface area contributed by atoms with Crippen molar-refractivity contribution in [2.45, 2.75) is 20.1 Å².